The van der Waals surface area contributed by atoms with Crippen molar-refractivity contribution >= 4 is 11.8 Å². The standard InChI is InChI=1S/C14H22N4O2/c1-13(2,9-15)17-11(19)7-5-6-8-12(20)18-14(3,4)10-16/h5-8H2,1-4H3,(H,17,19)(H,18,20). The molecule has 0 rings (SSSR count). The highest BCUT2D eigenvalue weighted by Crippen LogP contribution is 2.05. The van der Waals surface area contributed by atoms with E-state index in [9.17, 15) is 9.59 Å². The number of hydrogen-bond donors (Lipinski definition) is 2. The molecule has 0 aliphatic heterocycles. The Bertz CT molecular complexity index is 399. The molecule has 0 aromatic rings. The van der Waals surface area contributed by atoms with Crippen molar-refractivity contribution in [1.29, 1.82) is 10.5 Å². The van der Waals surface area contributed by atoms with E-state index in [0.29, 0.717) is 12.8 Å². The Hall–Kier alpha value is -2.08. The summed E-state index contributed by atoms with van der Waals surface area (Å²) in [6.45, 7) is 6.51. The zero-order valence-electron chi connectivity index (χ0n) is 12.5. The van der Waals surface area contributed by atoms with Gasteiger partial charge in [0.25, 0.3) is 0 Å². The van der Waals surface area contributed by atoms with Crippen LogP contribution in [0.1, 0.15) is 53.4 Å². The SMILES string of the molecule is CC(C)(C#N)NC(=O)CCCCC(=O)NC(C)(C)C#N. The predicted molar refractivity (Wildman–Crippen MR) is 74.1 cm³/mol. The molecule has 2 N–H and O–H groups in total. The van der Waals surface area contributed by atoms with Crippen molar-refractivity contribution < 1.29 is 9.59 Å². The number of unbranched alkanes of at least 4 members (excludes halogenated alkanes) is 1. The molecule has 2 amide bonds. The molecule has 0 aromatic carbocycles. The molecular weight excluding hydrogens is 256 g/mol. The van der Waals surface area contributed by atoms with Gasteiger partial charge in [0, 0.05) is 12.8 Å². The molecular formula is C14H22N4O2. The van der Waals surface area contributed by atoms with E-state index in [1.165, 1.54) is 0 Å². The van der Waals surface area contributed by atoms with Crippen LogP contribution in [0.2, 0.25) is 0 Å². The molecule has 20 heavy (non-hydrogen) atoms. The van der Waals surface area contributed by atoms with Gasteiger partial charge in [0.1, 0.15) is 11.1 Å². The first-order valence-corrected chi connectivity index (χ1v) is 6.56. The van der Waals surface area contributed by atoms with Gasteiger partial charge in [-0.3, -0.25) is 9.59 Å². The minimum absolute atomic E-state index is 0.200. The summed E-state index contributed by atoms with van der Waals surface area (Å²) in [7, 11) is 0. The number of nitrogens with zero attached hydrogens (tertiary/aromatic N) is 2. The normalized spacial score (nSPS) is 11.1. The molecule has 0 aliphatic carbocycles. The minimum atomic E-state index is -0.870. The predicted octanol–water partition coefficient (Wildman–Crippen LogP) is 1.38. The van der Waals surface area contributed by atoms with E-state index in [0.717, 1.165) is 0 Å². The number of nitriles is 2. The third-order valence-electron chi connectivity index (χ3n) is 2.52. The molecule has 0 aliphatic rings. The van der Waals surface area contributed by atoms with Crippen LogP contribution in [0.5, 0.6) is 0 Å². The zero-order valence-corrected chi connectivity index (χ0v) is 12.5. The number of carbonyl (C=O) groups is 2. The van der Waals surface area contributed by atoms with Crippen LogP contribution in [-0.2, 0) is 9.59 Å². The fraction of sp³-hybridized carbons (Fsp3) is 0.714. The van der Waals surface area contributed by atoms with E-state index in [-0.39, 0.29) is 24.7 Å². The van der Waals surface area contributed by atoms with Gasteiger partial charge in [-0.25, -0.2) is 0 Å². The summed E-state index contributed by atoms with van der Waals surface area (Å²) in [4.78, 5) is 23.1. The Morgan fingerprint density at radius 2 is 1.15 bits per heavy atom. The molecule has 0 atom stereocenters. The number of rotatable bonds is 7. The molecule has 0 aromatic heterocycles. The van der Waals surface area contributed by atoms with E-state index in [4.69, 9.17) is 10.5 Å². The van der Waals surface area contributed by atoms with Crippen molar-refractivity contribution in [2.75, 3.05) is 0 Å². The van der Waals surface area contributed by atoms with E-state index in [1.54, 1.807) is 27.7 Å². The first-order chi connectivity index (χ1) is 9.12. The Balaban J connectivity index is 3.89. The monoisotopic (exact) mass is 278 g/mol. The van der Waals surface area contributed by atoms with Gasteiger partial charge in [-0.1, -0.05) is 0 Å². The molecule has 0 heterocycles. The highest BCUT2D eigenvalue weighted by molar-refractivity contribution is 5.78. The Morgan fingerprint density at radius 3 is 1.40 bits per heavy atom. The van der Waals surface area contributed by atoms with Gasteiger partial charge in [0.05, 0.1) is 12.1 Å². The van der Waals surface area contributed by atoms with Gasteiger partial charge in [0.2, 0.25) is 11.8 Å². The van der Waals surface area contributed by atoms with E-state index < -0.39 is 11.1 Å². The fourth-order valence-corrected chi connectivity index (χ4v) is 1.45. The summed E-state index contributed by atoms with van der Waals surface area (Å²) in [6.07, 6.45) is 1.68. The van der Waals surface area contributed by atoms with Gasteiger partial charge in [0.15, 0.2) is 0 Å². The highest BCUT2D eigenvalue weighted by Gasteiger charge is 2.20. The second-order valence-electron chi connectivity index (χ2n) is 5.78. The van der Waals surface area contributed by atoms with Crippen LogP contribution < -0.4 is 10.6 Å². The van der Waals surface area contributed by atoms with Crippen LogP contribution in [-0.4, -0.2) is 22.9 Å². The maximum absolute atomic E-state index is 11.5. The maximum Gasteiger partial charge on any atom is 0.221 e. The quantitative estimate of drug-likeness (QED) is 0.686. The Labute approximate surface area is 120 Å². The second-order valence-corrected chi connectivity index (χ2v) is 5.78. The highest BCUT2D eigenvalue weighted by atomic mass is 16.2. The lowest BCUT2D eigenvalue weighted by atomic mass is 10.1. The van der Waals surface area contributed by atoms with Crippen LogP contribution in [0.3, 0.4) is 0 Å². The summed E-state index contributed by atoms with van der Waals surface area (Å²) < 4.78 is 0. The van der Waals surface area contributed by atoms with E-state index >= 15 is 0 Å². The molecule has 0 fully saturated rings. The van der Waals surface area contributed by atoms with Crippen LogP contribution >= 0.6 is 0 Å². The number of amides is 2. The van der Waals surface area contributed by atoms with Gasteiger partial charge >= 0.3 is 0 Å². The van der Waals surface area contributed by atoms with Crippen molar-refractivity contribution in [2.24, 2.45) is 0 Å². The molecule has 0 spiro atoms. The lowest BCUT2D eigenvalue weighted by Crippen LogP contribution is -2.42. The zero-order chi connectivity index (χ0) is 15.8. The Morgan fingerprint density at radius 1 is 0.850 bits per heavy atom. The number of nitrogens with one attached hydrogen (secondary N) is 2. The van der Waals surface area contributed by atoms with Crippen molar-refractivity contribution in [3.63, 3.8) is 0 Å². The number of carbonyl (C=O) groups excluding carboxylic acids is 2. The van der Waals surface area contributed by atoms with Crippen LogP contribution in [0.15, 0.2) is 0 Å². The van der Waals surface area contributed by atoms with Crippen molar-refractivity contribution in [2.45, 2.75) is 64.5 Å². The largest absolute Gasteiger partial charge is 0.338 e. The lowest BCUT2D eigenvalue weighted by molar-refractivity contribution is -0.124. The second kappa shape index (κ2) is 7.49. The summed E-state index contributed by atoms with van der Waals surface area (Å²) in [5, 5.41) is 22.7. The average molecular weight is 278 g/mol. The smallest absolute Gasteiger partial charge is 0.221 e. The molecule has 0 bridgehead atoms. The van der Waals surface area contributed by atoms with Gasteiger partial charge in [-0.2, -0.15) is 10.5 Å². The number of hydrogen-bond acceptors (Lipinski definition) is 4. The fourth-order valence-electron chi connectivity index (χ4n) is 1.45. The van der Waals surface area contributed by atoms with E-state index in [2.05, 4.69) is 10.6 Å². The first kappa shape index (κ1) is 17.9. The minimum Gasteiger partial charge on any atom is -0.338 e. The first-order valence-electron chi connectivity index (χ1n) is 6.56. The lowest BCUT2D eigenvalue weighted by Gasteiger charge is -2.18. The molecule has 0 saturated heterocycles. The van der Waals surface area contributed by atoms with Crippen molar-refractivity contribution in [3.8, 4) is 12.1 Å². The van der Waals surface area contributed by atoms with Crippen molar-refractivity contribution in [3.05, 3.63) is 0 Å². The summed E-state index contributed by atoms with van der Waals surface area (Å²) in [5.74, 6) is -0.399. The van der Waals surface area contributed by atoms with E-state index in [1.807, 2.05) is 12.1 Å². The molecule has 0 saturated carbocycles. The molecule has 110 valence electrons. The molecule has 6 nitrogen and oxygen atoms in total. The summed E-state index contributed by atoms with van der Waals surface area (Å²) in [5.41, 5.74) is -1.74. The van der Waals surface area contributed by atoms with Gasteiger partial charge < -0.3 is 10.6 Å². The summed E-state index contributed by atoms with van der Waals surface area (Å²) in [6, 6.07) is 3.97. The van der Waals surface area contributed by atoms with Crippen LogP contribution in [0.4, 0.5) is 0 Å². The third kappa shape index (κ3) is 8.10. The molecule has 6 heteroatoms. The Kier molecular flexibility index (Phi) is 6.72. The maximum atomic E-state index is 11.5. The average Bonchev–Trinajstić information content (AvgIpc) is 2.33. The third-order valence-corrected chi connectivity index (χ3v) is 2.52. The summed E-state index contributed by atoms with van der Waals surface area (Å²) >= 11 is 0. The van der Waals surface area contributed by atoms with Crippen LogP contribution in [0.25, 0.3) is 0 Å². The molecule has 0 unspecified atom stereocenters. The molecule has 0 radical (unpaired) electrons. The van der Waals surface area contributed by atoms with Crippen molar-refractivity contribution in [1.82, 2.24) is 10.6 Å². The topological polar surface area (TPSA) is 106 Å². The van der Waals surface area contributed by atoms with Gasteiger partial charge in [-0.05, 0) is 40.5 Å². The van der Waals surface area contributed by atoms with Gasteiger partial charge in [-0.15, -0.1) is 0 Å². The van der Waals surface area contributed by atoms with Crippen LogP contribution in [0, 0.1) is 22.7 Å².